The van der Waals surface area contributed by atoms with E-state index in [1.165, 1.54) is 17.1 Å². The van der Waals surface area contributed by atoms with E-state index in [1.54, 1.807) is 7.05 Å². The van der Waals surface area contributed by atoms with Crippen LogP contribution in [0.5, 0.6) is 5.75 Å². The zero-order valence-corrected chi connectivity index (χ0v) is 15.5. The van der Waals surface area contributed by atoms with Gasteiger partial charge in [0.1, 0.15) is 12.4 Å². The molecule has 24 heavy (non-hydrogen) atoms. The van der Waals surface area contributed by atoms with Crippen molar-refractivity contribution in [1.29, 1.82) is 0 Å². The van der Waals surface area contributed by atoms with Crippen LogP contribution in [0.15, 0.2) is 36.4 Å². The van der Waals surface area contributed by atoms with Crippen LogP contribution in [0.4, 0.5) is 4.79 Å². The van der Waals surface area contributed by atoms with Crippen molar-refractivity contribution < 1.29 is 24.5 Å². The minimum Gasteiger partial charge on any atom is -0.492 e. The maximum absolute atomic E-state index is 11.6. The smallest absolute Gasteiger partial charge is 0.407 e. The number of hydrogen-bond donors (Lipinski definition) is 2. The number of carboxylic acid groups (broad SMARTS) is 1. The highest BCUT2D eigenvalue weighted by atomic mass is 127. The number of ether oxygens (including phenoxy) is 1. The number of nitrogens with zero attached hydrogens (tertiary/aromatic N) is 2. The Morgan fingerprint density at radius 1 is 1.25 bits per heavy atom. The van der Waals surface area contributed by atoms with Crippen molar-refractivity contribution in [2.24, 2.45) is 0 Å². The molecule has 8 heteroatoms. The van der Waals surface area contributed by atoms with Crippen LogP contribution in [-0.4, -0.2) is 71.9 Å². The summed E-state index contributed by atoms with van der Waals surface area (Å²) in [6.45, 7) is 0.610. The first-order valence-electron chi connectivity index (χ1n) is 7.32. The van der Waals surface area contributed by atoms with Crippen molar-refractivity contribution in [2.75, 3.05) is 39.9 Å². The van der Waals surface area contributed by atoms with Gasteiger partial charge in [-0.05, 0) is 46.9 Å². The summed E-state index contributed by atoms with van der Waals surface area (Å²) < 4.78 is 6.59. The third kappa shape index (κ3) is 7.64. The average Bonchev–Trinajstić information content (AvgIpc) is 2.55. The van der Waals surface area contributed by atoms with Gasteiger partial charge >= 0.3 is 6.09 Å². The number of carbonyl (C=O) groups excluding carboxylic acids is 1. The molecule has 0 radical (unpaired) electrons. The van der Waals surface area contributed by atoms with Gasteiger partial charge < -0.3 is 24.7 Å². The lowest BCUT2D eigenvalue weighted by molar-refractivity contribution is -0.125. The Morgan fingerprint density at radius 2 is 1.92 bits per heavy atom. The zero-order valence-electron chi connectivity index (χ0n) is 13.4. The molecule has 0 saturated carbocycles. The standard InChI is InChI=1S/C16H21IN2O5/c1-18(9-11-20)15(21)3-2-8-19(16(22)23)10-12-24-14-6-4-13(17)5-7-14/h2-7,20H,8-12H2,1H3,(H,22,23)/b3-2+. The molecule has 132 valence electrons. The van der Waals surface area contributed by atoms with Crippen LogP contribution in [0.1, 0.15) is 0 Å². The molecule has 0 aliphatic heterocycles. The van der Waals surface area contributed by atoms with Crippen molar-refractivity contribution >= 4 is 34.6 Å². The molecule has 2 amide bonds. The van der Waals surface area contributed by atoms with E-state index >= 15 is 0 Å². The van der Waals surface area contributed by atoms with Gasteiger partial charge in [0, 0.05) is 29.8 Å². The summed E-state index contributed by atoms with van der Waals surface area (Å²) in [5, 5.41) is 17.9. The Hall–Kier alpha value is -1.81. The fourth-order valence-electron chi connectivity index (χ4n) is 1.74. The van der Waals surface area contributed by atoms with Crippen LogP contribution in [0.3, 0.4) is 0 Å². The molecule has 0 atom stereocenters. The second-order valence-corrected chi connectivity index (χ2v) is 6.16. The Balaban J connectivity index is 2.42. The highest BCUT2D eigenvalue weighted by Gasteiger charge is 2.10. The first kappa shape index (κ1) is 20.2. The second kappa shape index (κ2) is 10.9. The third-order valence-corrected chi connectivity index (χ3v) is 3.83. The van der Waals surface area contributed by atoms with E-state index in [1.807, 2.05) is 24.3 Å². The maximum Gasteiger partial charge on any atom is 0.407 e. The fourth-order valence-corrected chi connectivity index (χ4v) is 2.10. The lowest BCUT2D eigenvalue weighted by Gasteiger charge is -2.18. The van der Waals surface area contributed by atoms with Gasteiger partial charge in [-0.1, -0.05) is 6.08 Å². The second-order valence-electron chi connectivity index (χ2n) is 4.92. The van der Waals surface area contributed by atoms with E-state index in [9.17, 15) is 14.7 Å². The molecule has 1 rings (SSSR count). The number of hydrogen-bond acceptors (Lipinski definition) is 4. The molecule has 0 unspecified atom stereocenters. The van der Waals surface area contributed by atoms with E-state index < -0.39 is 6.09 Å². The lowest BCUT2D eigenvalue weighted by Crippen LogP contribution is -2.34. The normalized spacial score (nSPS) is 10.6. The average molecular weight is 448 g/mol. The summed E-state index contributed by atoms with van der Waals surface area (Å²) in [6, 6.07) is 7.45. The van der Waals surface area contributed by atoms with Crippen LogP contribution < -0.4 is 4.74 Å². The van der Waals surface area contributed by atoms with Crippen molar-refractivity contribution in [3.05, 3.63) is 40.0 Å². The van der Waals surface area contributed by atoms with E-state index in [-0.39, 0.29) is 38.8 Å². The summed E-state index contributed by atoms with van der Waals surface area (Å²) in [5.41, 5.74) is 0. The predicted molar refractivity (Wildman–Crippen MR) is 98.1 cm³/mol. The van der Waals surface area contributed by atoms with Gasteiger partial charge in [-0.15, -0.1) is 0 Å². The molecule has 0 spiro atoms. The Labute approximate surface area is 154 Å². The third-order valence-electron chi connectivity index (χ3n) is 3.11. The molecule has 7 nitrogen and oxygen atoms in total. The molecular weight excluding hydrogens is 427 g/mol. The van der Waals surface area contributed by atoms with Crippen molar-refractivity contribution in [1.82, 2.24) is 9.80 Å². The van der Waals surface area contributed by atoms with Crippen LogP contribution in [0.25, 0.3) is 0 Å². The molecule has 0 aliphatic rings. The summed E-state index contributed by atoms with van der Waals surface area (Å²) in [5.74, 6) is 0.390. The number of benzene rings is 1. The van der Waals surface area contributed by atoms with E-state index in [0.29, 0.717) is 5.75 Å². The van der Waals surface area contributed by atoms with Gasteiger partial charge in [0.25, 0.3) is 0 Å². The molecule has 1 aromatic rings. The molecule has 0 bridgehead atoms. The molecule has 2 N–H and O–H groups in total. The Morgan fingerprint density at radius 3 is 2.50 bits per heavy atom. The zero-order chi connectivity index (χ0) is 17.9. The highest BCUT2D eigenvalue weighted by molar-refractivity contribution is 14.1. The van der Waals surface area contributed by atoms with Crippen LogP contribution in [0, 0.1) is 3.57 Å². The number of rotatable bonds is 9. The minimum atomic E-state index is -1.08. The van der Waals surface area contributed by atoms with Gasteiger partial charge in [0.05, 0.1) is 13.2 Å². The van der Waals surface area contributed by atoms with Crippen LogP contribution in [0.2, 0.25) is 0 Å². The summed E-state index contributed by atoms with van der Waals surface area (Å²) in [4.78, 5) is 25.4. The fraction of sp³-hybridized carbons (Fsp3) is 0.375. The predicted octanol–water partition coefficient (Wildman–Crippen LogP) is 1.66. The maximum atomic E-state index is 11.6. The molecule has 1 aromatic carbocycles. The number of halogens is 1. The molecule has 0 aliphatic carbocycles. The number of amides is 2. The molecule has 0 saturated heterocycles. The quantitative estimate of drug-likeness (QED) is 0.443. The summed E-state index contributed by atoms with van der Waals surface area (Å²) >= 11 is 2.19. The van der Waals surface area contributed by atoms with Crippen molar-refractivity contribution in [2.45, 2.75) is 0 Å². The number of aliphatic hydroxyl groups excluding tert-OH is 1. The van der Waals surface area contributed by atoms with Gasteiger partial charge in [-0.3, -0.25) is 4.79 Å². The Bertz CT molecular complexity index is 562. The van der Waals surface area contributed by atoms with Crippen LogP contribution in [-0.2, 0) is 4.79 Å². The van der Waals surface area contributed by atoms with E-state index in [0.717, 1.165) is 8.47 Å². The highest BCUT2D eigenvalue weighted by Crippen LogP contribution is 2.13. The number of aliphatic hydroxyl groups is 1. The SMILES string of the molecule is CN(CCO)C(=O)/C=C/CN(CCOc1ccc(I)cc1)C(=O)O. The van der Waals surface area contributed by atoms with Gasteiger partial charge in [-0.2, -0.15) is 0 Å². The largest absolute Gasteiger partial charge is 0.492 e. The van der Waals surface area contributed by atoms with E-state index in [4.69, 9.17) is 9.84 Å². The topological polar surface area (TPSA) is 90.3 Å². The minimum absolute atomic E-state index is 0.0874. The number of likely N-dealkylation sites (N-methyl/N-ethyl adjacent to an activating group) is 1. The van der Waals surface area contributed by atoms with Crippen LogP contribution >= 0.6 is 22.6 Å². The summed E-state index contributed by atoms with van der Waals surface area (Å²) in [7, 11) is 1.56. The monoisotopic (exact) mass is 448 g/mol. The van der Waals surface area contributed by atoms with Crippen molar-refractivity contribution in [3.63, 3.8) is 0 Å². The van der Waals surface area contributed by atoms with Gasteiger partial charge in [0.15, 0.2) is 0 Å². The molecule has 0 fully saturated rings. The molecular formula is C16H21IN2O5. The summed E-state index contributed by atoms with van der Waals surface area (Å²) in [6.07, 6.45) is 1.70. The van der Waals surface area contributed by atoms with Crippen molar-refractivity contribution in [3.8, 4) is 5.75 Å². The Kier molecular flexibility index (Phi) is 9.16. The first-order valence-corrected chi connectivity index (χ1v) is 8.40. The first-order chi connectivity index (χ1) is 11.4. The molecule has 0 aromatic heterocycles. The van der Waals surface area contributed by atoms with Gasteiger partial charge in [0.2, 0.25) is 5.91 Å². The van der Waals surface area contributed by atoms with Gasteiger partial charge in [-0.25, -0.2) is 4.79 Å². The number of carbonyl (C=O) groups is 2. The van der Waals surface area contributed by atoms with E-state index in [2.05, 4.69) is 22.6 Å². The molecule has 0 heterocycles. The lowest BCUT2D eigenvalue weighted by atomic mass is 10.3.